The molecule has 0 saturated carbocycles. The van der Waals surface area contributed by atoms with E-state index in [1.165, 1.54) is 0 Å². The Hall–Kier alpha value is 1.27. The van der Waals surface area contributed by atoms with Gasteiger partial charge in [0.1, 0.15) is 0 Å². The van der Waals surface area contributed by atoms with E-state index in [2.05, 4.69) is 0 Å². The molecule has 0 amide bonds. The Morgan fingerprint density at radius 2 is 0.806 bits per heavy atom. The van der Waals surface area contributed by atoms with E-state index >= 15 is 8.78 Å². The van der Waals surface area contributed by atoms with Gasteiger partial charge in [0, 0.05) is 0 Å². The van der Waals surface area contributed by atoms with E-state index in [0.29, 0.717) is 27.0 Å². The zero-order valence-corrected chi connectivity index (χ0v) is 26.1. The van der Waals surface area contributed by atoms with E-state index in [0.717, 1.165) is 0 Å². The summed E-state index contributed by atoms with van der Waals surface area (Å²) in [6.07, 6.45) is 8.54. The van der Waals surface area contributed by atoms with Gasteiger partial charge < -0.3 is 0 Å². The van der Waals surface area contributed by atoms with E-state index in [1.54, 1.807) is 12.2 Å². The van der Waals surface area contributed by atoms with Gasteiger partial charge in [-0.25, -0.2) is 0 Å². The Bertz CT molecular complexity index is 552. The second kappa shape index (κ2) is 10.9. The molecule has 0 rings (SSSR count). The van der Waals surface area contributed by atoms with Crippen molar-refractivity contribution in [2.45, 2.75) is 94.4 Å². The first kappa shape index (κ1) is 32.3. The summed E-state index contributed by atoms with van der Waals surface area (Å²) in [5, 5.41) is 0. The van der Waals surface area contributed by atoms with E-state index < -0.39 is 42.7 Å². The minimum absolute atomic E-state index is 0.344. The van der Waals surface area contributed by atoms with Crippen molar-refractivity contribution >= 4 is 35.1 Å². The summed E-state index contributed by atoms with van der Waals surface area (Å²) in [6.45, 7) is 23.1. The average molecular weight is 564 g/mol. The molecule has 0 radical (unpaired) electrons. The monoisotopic (exact) mass is 562 g/mol. The molecule has 0 N–H and O–H groups in total. The van der Waals surface area contributed by atoms with Crippen LogP contribution in [0.5, 0.6) is 0 Å². The third-order valence-electron chi connectivity index (χ3n) is 5.71. The number of hydrogen-bond acceptors (Lipinski definition) is 0. The molecule has 0 aliphatic carbocycles. The van der Waals surface area contributed by atoms with Crippen molar-refractivity contribution in [2.75, 3.05) is 12.3 Å². The molecule has 0 nitrogen and oxygen atoms in total. The summed E-state index contributed by atoms with van der Waals surface area (Å²) in [5.41, 5.74) is -4.91. The van der Waals surface area contributed by atoms with E-state index in [4.69, 9.17) is 20.4 Å². The van der Waals surface area contributed by atoms with Crippen LogP contribution in [-0.2, 0) is 9.74 Å². The van der Waals surface area contributed by atoms with Gasteiger partial charge in [-0.05, 0) is 0 Å². The maximum atomic E-state index is 15.8. The van der Waals surface area contributed by atoms with Gasteiger partial charge in [-0.1, -0.05) is 0 Å². The second-order valence-electron chi connectivity index (χ2n) is 12.2. The molecule has 0 fully saturated rings. The molecule has 0 spiro atoms. The van der Waals surface area contributed by atoms with E-state index in [9.17, 15) is 0 Å². The van der Waals surface area contributed by atoms with E-state index in [1.807, 2.05) is 95.2 Å². The molecule has 0 aliphatic heterocycles. The van der Waals surface area contributed by atoms with Crippen LogP contribution >= 0.6 is 35.1 Å². The summed E-state index contributed by atoms with van der Waals surface area (Å²) in [7, 11) is 12.0. The van der Waals surface area contributed by atoms with Crippen LogP contribution in [0.3, 0.4) is 0 Å². The fourth-order valence-electron chi connectivity index (χ4n) is 3.97. The van der Waals surface area contributed by atoms with Crippen LogP contribution in [0, 0.1) is 21.7 Å². The molecule has 0 aromatic heterocycles. The summed E-state index contributed by atoms with van der Waals surface area (Å²) < 4.78 is 31.6. The number of hydrogen-bond donors (Lipinski definition) is 0. The van der Waals surface area contributed by atoms with Crippen LogP contribution in [0.1, 0.15) is 83.1 Å². The molecule has 2 unspecified atom stereocenters. The van der Waals surface area contributed by atoms with Crippen molar-refractivity contribution in [3.8, 4) is 0 Å². The molecule has 7 heteroatoms. The molecule has 0 bridgehead atoms. The Kier molecular flexibility index (Phi) is 11.4. The van der Waals surface area contributed by atoms with Gasteiger partial charge in [0.2, 0.25) is 0 Å². The third-order valence-corrected chi connectivity index (χ3v) is 17.8. The van der Waals surface area contributed by atoms with Crippen molar-refractivity contribution in [3.63, 3.8) is 0 Å². The molecule has 31 heavy (non-hydrogen) atoms. The van der Waals surface area contributed by atoms with Crippen LogP contribution in [-0.4, -0.2) is 23.7 Å². The molecule has 0 heterocycles. The zero-order valence-electron chi connectivity index (χ0n) is 21.6. The summed E-state index contributed by atoms with van der Waals surface area (Å²) >= 11 is 0. The SMILES string of the molecule is CC(C)(C)C(F)(C=CC[PH][Ni]([Cl])([Cl])[PH]CC=CC(F)(C(C)(C)C)C(C)(C)C)C(C)(C)C. The Labute approximate surface area is 205 Å². The van der Waals surface area contributed by atoms with Gasteiger partial charge in [0.15, 0.2) is 0 Å². The van der Waals surface area contributed by atoms with Gasteiger partial charge in [0.05, 0.1) is 0 Å². The molecule has 0 aromatic carbocycles. The molecule has 0 aromatic rings. The van der Waals surface area contributed by atoms with E-state index in [-0.39, 0.29) is 0 Å². The molecule has 0 aliphatic rings. The Morgan fingerprint density at radius 3 is 1.00 bits per heavy atom. The van der Waals surface area contributed by atoms with Crippen molar-refractivity contribution in [2.24, 2.45) is 21.7 Å². The van der Waals surface area contributed by atoms with Crippen LogP contribution in [0.15, 0.2) is 24.3 Å². The number of rotatable bonds is 8. The normalized spacial score (nSPS) is 17.3. The number of alkyl halides is 2. The van der Waals surface area contributed by atoms with Crippen molar-refractivity contribution in [3.05, 3.63) is 24.3 Å². The minimum atomic E-state index is -1.92. The molecule has 2 atom stereocenters. The fraction of sp³-hybridized carbons (Fsp3) is 0.833. The fourth-order valence-corrected chi connectivity index (χ4v) is 12.3. The Morgan fingerprint density at radius 1 is 0.581 bits per heavy atom. The zero-order chi connectivity index (χ0) is 25.2. The van der Waals surface area contributed by atoms with Crippen LogP contribution < -0.4 is 0 Å². The molecular weight excluding hydrogens is 518 g/mol. The van der Waals surface area contributed by atoms with Gasteiger partial charge in [-0.2, -0.15) is 0 Å². The van der Waals surface area contributed by atoms with Crippen molar-refractivity contribution in [1.82, 2.24) is 0 Å². The maximum absolute atomic E-state index is 15.8. The second-order valence-corrected chi connectivity index (χ2v) is 28.7. The quantitative estimate of drug-likeness (QED) is 0.156. The predicted molar refractivity (Wildman–Crippen MR) is 142 cm³/mol. The van der Waals surface area contributed by atoms with Crippen LogP contribution in [0.4, 0.5) is 8.78 Å². The summed E-state index contributed by atoms with van der Waals surface area (Å²) in [6, 6.07) is 0. The first-order valence-electron chi connectivity index (χ1n) is 10.7. The predicted octanol–water partition coefficient (Wildman–Crippen LogP) is 10.3. The number of halogens is 4. The topological polar surface area (TPSA) is 0 Å². The average Bonchev–Trinajstić information content (AvgIpc) is 2.50. The van der Waals surface area contributed by atoms with Gasteiger partial charge in [-0.15, -0.1) is 0 Å². The molecule has 190 valence electrons. The summed E-state index contributed by atoms with van der Waals surface area (Å²) in [5.74, 6) is 0. The standard InChI is InChI=1S/2C12H23FP.2ClH.Ni/c2*1-10(2,3)12(13,8-7-9-14)11(4,5)6;;;/h2*7-8,14H,9H2,1-6H3;2*1H;/q2*-1;;;+4/p-2. The van der Waals surface area contributed by atoms with Crippen LogP contribution in [0.2, 0.25) is 0 Å². The van der Waals surface area contributed by atoms with Gasteiger partial charge in [0.25, 0.3) is 0 Å². The van der Waals surface area contributed by atoms with Crippen molar-refractivity contribution in [1.29, 1.82) is 0 Å². The first-order valence-corrected chi connectivity index (χ1v) is 18.4. The summed E-state index contributed by atoms with van der Waals surface area (Å²) in [4.78, 5) is 0. The molecular formula is C24H46Cl2F2NiP2. The number of allylic oxidation sites excluding steroid dienone is 4. The van der Waals surface area contributed by atoms with Gasteiger partial charge in [-0.3, -0.25) is 0 Å². The molecule has 0 saturated heterocycles. The van der Waals surface area contributed by atoms with Crippen LogP contribution in [0.25, 0.3) is 0 Å². The van der Waals surface area contributed by atoms with Crippen molar-refractivity contribution < 1.29 is 18.5 Å². The Balaban J connectivity index is 5.06. The third kappa shape index (κ3) is 8.77. The first-order chi connectivity index (χ1) is 13.4. The van der Waals surface area contributed by atoms with Gasteiger partial charge >= 0.3 is 206 Å².